The van der Waals surface area contributed by atoms with Crippen LogP contribution in [0.25, 0.3) is 0 Å². The van der Waals surface area contributed by atoms with Gasteiger partial charge in [-0.25, -0.2) is 8.42 Å². The van der Waals surface area contributed by atoms with Gasteiger partial charge in [0, 0.05) is 12.6 Å². The van der Waals surface area contributed by atoms with Crippen LogP contribution in [0, 0.1) is 0 Å². The lowest BCUT2D eigenvalue weighted by Crippen LogP contribution is -2.39. The molecule has 8 heteroatoms. The predicted molar refractivity (Wildman–Crippen MR) is 107 cm³/mol. The van der Waals surface area contributed by atoms with Gasteiger partial charge in [0.05, 0.1) is 31.2 Å². The van der Waals surface area contributed by atoms with Gasteiger partial charge in [-0.05, 0) is 44.2 Å². The second-order valence-electron chi connectivity index (χ2n) is 6.20. The first-order chi connectivity index (χ1) is 13.3. The maximum Gasteiger partial charge on any atom is 0.243 e. The maximum atomic E-state index is 12.7. The van der Waals surface area contributed by atoms with Crippen LogP contribution >= 0.6 is 0 Å². The molecule has 2 aromatic rings. The van der Waals surface area contributed by atoms with Crippen molar-refractivity contribution < 1.29 is 22.7 Å². The zero-order chi connectivity index (χ0) is 20.7. The normalized spacial score (nSPS) is 12.5. The van der Waals surface area contributed by atoms with Gasteiger partial charge in [-0.2, -0.15) is 4.31 Å². The zero-order valence-electron chi connectivity index (χ0n) is 16.5. The largest absolute Gasteiger partial charge is 0.496 e. The monoisotopic (exact) mass is 406 g/mol. The van der Waals surface area contributed by atoms with E-state index in [4.69, 9.17) is 9.47 Å². The Labute approximate surface area is 166 Å². The molecule has 0 aliphatic rings. The number of carbonyl (C=O) groups excluding carboxylic acids is 1. The van der Waals surface area contributed by atoms with Crippen molar-refractivity contribution in [1.82, 2.24) is 9.62 Å². The summed E-state index contributed by atoms with van der Waals surface area (Å²) < 4.78 is 37.0. The summed E-state index contributed by atoms with van der Waals surface area (Å²) in [5, 5.41) is 2.81. The van der Waals surface area contributed by atoms with E-state index >= 15 is 0 Å². The fourth-order valence-electron chi connectivity index (χ4n) is 2.73. The van der Waals surface area contributed by atoms with E-state index in [1.807, 2.05) is 32.0 Å². The number of ether oxygens (including phenoxy) is 2. The molecule has 0 aromatic heterocycles. The molecule has 1 atom stereocenters. The molecule has 0 aliphatic heterocycles. The van der Waals surface area contributed by atoms with Crippen molar-refractivity contribution in [2.75, 3.05) is 27.3 Å². The maximum absolute atomic E-state index is 12.7. The van der Waals surface area contributed by atoms with Gasteiger partial charge in [-0.15, -0.1) is 0 Å². The van der Waals surface area contributed by atoms with Crippen LogP contribution in [0.1, 0.15) is 25.5 Å². The quantitative estimate of drug-likeness (QED) is 0.692. The van der Waals surface area contributed by atoms with E-state index < -0.39 is 15.9 Å². The Bertz CT molecular complexity index is 897. The molecule has 0 heterocycles. The summed E-state index contributed by atoms with van der Waals surface area (Å²) in [5.74, 6) is 0.841. The van der Waals surface area contributed by atoms with Crippen molar-refractivity contribution in [3.63, 3.8) is 0 Å². The summed E-state index contributed by atoms with van der Waals surface area (Å²) in [6, 6.07) is 13.1. The van der Waals surface area contributed by atoms with E-state index in [1.54, 1.807) is 25.3 Å². The number of para-hydroxylation sites is 1. The minimum atomic E-state index is -3.79. The Kier molecular flexibility index (Phi) is 7.42. The van der Waals surface area contributed by atoms with Crippen molar-refractivity contribution in [2.24, 2.45) is 0 Å². The number of nitrogens with one attached hydrogen (secondary N) is 1. The van der Waals surface area contributed by atoms with Gasteiger partial charge in [0.25, 0.3) is 0 Å². The van der Waals surface area contributed by atoms with Crippen LogP contribution in [0.2, 0.25) is 0 Å². The fraction of sp³-hybridized carbons (Fsp3) is 0.350. The number of benzene rings is 2. The third kappa shape index (κ3) is 5.24. The van der Waals surface area contributed by atoms with Crippen molar-refractivity contribution in [1.29, 1.82) is 0 Å². The third-order valence-corrected chi connectivity index (χ3v) is 6.01. The van der Waals surface area contributed by atoms with E-state index in [0.29, 0.717) is 18.1 Å². The molecule has 0 spiro atoms. The van der Waals surface area contributed by atoms with Gasteiger partial charge in [-0.1, -0.05) is 18.2 Å². The number of hydrogen-bond acceptors (Lipinski definition) is 5. The highest BCUT2D eigenvalue weighted by Gasteiger charge is 2.24. The third-order valence-electron chi connectivity index (χ3n) is 4.19. The topological polar surface area (TPSA) is 84.9 Å². The van der Waals surface area contributed by atoms with Gasteiger partial charge in [0.1, 0.15) is 11.5 Å². The minimum Gasteiger partial charge on any atom is -0.496 e. The average Bonchev–Trinajstić information content (AvgIpc) is 2.68. The summed E-state index contributed by atoms with van der Waals surface area (Å²) in [7, 11) is -0.853. The van der Waals surface area contributed by atoms with Crippen molar-refractivity contribution in [2.45, 2.75) is 24.8 Å². The van der Waals surface area contributed by atoms with Gasteiger partial charge in [-0.3, -0.25) is 4.79 Å². The highest BCUT2D eigenvalue weighted by atomic mass is 32.2. The first kappa shape index (κ1) is 21.7. The number of amides is 1. The molecule has 0 aliphatic carbocycles. The second kappa shape index (κ2) is 9.57. The molecule has 28 heavy (non-hydrogen) atoms. The molecule has 152 valence electrons. The predicted octanol–water partition coefficient (Wildman–Crippen LogP) is 2.59. The van der Waals surface area contributed by atoms with E-state index in [-0.39, 0.29) is 17.5 Å². The van der Waals surface area contributed by atoms with Gasteiger partial charge >= 0.3 is 0 Å². The van der Waals surface area contributed by atoms with Crippen LogP contribution in [0.15, 0.2) is 53.4 Å². The number of likely N-dealkylation sites (N-methyl/N-ethyl adjacent to an activating group) is 1. The molecule has 0 bridgehead atoms. The number of methoxy groups -OCH3 is 1. The Morgan fingerprint density at radius 2 is 1.79 bits per heavy atom. The molecule has 0 unspecified atom stereocenters. The smallest absolute Gasteiger partial charge is 0.243 e. The van der Waals surface area contributed by atoms with Crippen LogP contribution in [-0.2, 0) is 14.8 Å². The van der Waals surface area contributed by atoms with Crippen LogP contribution in [0.5, 0.6) is 11.5 Å². The summed E-state index contributed by atoms with van der Waals surface area (Å²) in [6.45, 7) is 3.87. The summed E-state index contributed by atoms with van der Waals surface area (Å²) in [4.78, 5) is 12.5. The zero-order valence-corrected chi connectivity index (χ0v) is 17.3. The number of rotatable bonds is 9. The summed E-state index contributed by atoms with van der Waals surface area (Å²) in [5.41, 5.74) is 0.815. The molecule has 0 saturated heterocycles. The van der Waals surface area contributed by atoms with Crippen LogP contribution in [-0.4, -0.2) is 45.9 Å². The van der Waals surface area contributed by atoms with Crippen LogP contribution in [0.3, 0.4) is 0 Å². The second-order valence-corrected chi connectivity index (χ2v) is 8.24. The Balaban J connectivity index is 2.04. The molecule has 2 rings (SSSR count). The van der Waals surface area contributed by atoms with Gasteiger partial charge < -0.3 is 14.8 Å². The number of nitrogens with zero attached hydrogens (tertiary/aromatic N) is 1. The molecule has 0 fully saturated rings. The van der Waals surface area contributed by atoms with Crippen molar-refractivity contribution in [3.8, 4) is 11.5 Å². The Morgan fingerprint density at radius 3 is 2.39 bits per heavy atom. The van der Waals surface area contributed by atoms with Crippen LogP contribution < -0.4 is 14.8 Å². The van der Waals surface area contributed by atoms with E-state index in [1.165, 1.54) is 19.2 Å². The van der Waals surface area contributed by atoms with Gasteiger partial charge in [0.2, 0.25) is 15.9 Å². The molecule has 2 aromatic carbocycles. The highest BCUT2D eigenvalue weighted by molar-refractivity contribution is 7.89. The molecular formula is C20H26N2O5S. The summed E-state index contributed by atoms with van der Waals surface area (Å²) in [6.07, 6.45) is 0. The van der Waals surface area contributed by atoms with E-state index in [0.717, 1.165) is 9.87 Å². The van der Waals surface area contributed by atoms with E-state index in [2.05, 4.69) is 5.32 Å². The van der Waals surface area contributed by atoms with Crippen LogP contribution in [0.4, 0.5) is 0 Å². The molecule has 7 nitrogen and oxygen atoms in total. The minimum absolute atomic E-state index is 0.101. The standard InChI is InChI=1S/C20H26N2O5S/c1-5-27-16-10-12-17(13-11-16)28(24,25)22(3)14-20(23)21-15(2)18-8-6-7-9-19(18)26-4/h6-13,15H,5,14H2,1-4H3,(H,21,23)/t15-/m0/s1. The van der Waals surface area contributed by atoms with Crippen molar-refractivity contribution in [3.05, 3.63) is 54.1 Å². The SMILES string of the molecule is CCOc1ccc(S(=O)(=O)N(C)CC(=O)N[C@@H](C)c2ccccc2OC)cc1. The highest BCUT2D eigenvalue weighted by Crippen LogP contribution is 2.24. The number of sulfonamides is 1. The number of hydrogen-bond donors (Lipinski definition) is 1. The first-order valence-electron chi connectivity index (χ1n) is 8.91. The molecule has 0 radical (unpaired) electrons. The average molecular weight is 407 g/mol. The van der Waals surface area contributed by atoms with Crippen molar-refractivity contribution >= 4 is 15.9 Å². The number of carbonyl (C=O) groups is 1. The lowest BCUT2D eigenvalue weighted by Gasteiger charge is -2.20. The fourth-order valence-corrected chi connectivity index (χ4v) is 3.86. The Morgan fingerprint density at radius 1 is 1.14 bits per heavy atom. The first-order valence-corrected chi connectivity index (χ1v) is 10.3. The van der Waals surface area contributed by atoms with Gasteiger partial charge in [0.15, 0.2) is 0 Å². The lowest BCUT2D eigenvalue weighted by atomic mass is 10.1. The molecule has 1 amide bonds. The molecule has 1 N–H and O–H groups in total. The lowest BCUT2D eigenvalue weighted by molar-refractivity contribution is -0.121. The molecule has 0 saturated carbocycles. The summed E-state index contributed by atoms with van der Waals surface area (Å²) >= 11 is 0. The Hall–Kier alpha value is -2.58. The van der Waals surface area contributed by atoms with E-state index in [9.17, 15) is 13.2 Å². The molecular weight excluding hydrogens is 380 g/mol.